The van der Waals surface area contributed by atoms with Crippen LogP contribution in [0.1, 0.15) is 13.8 Å². The van der Waals surface area contributed by atoms with Gasteiger partial charge in [0.2, 0.25) is 5.95 Å². The maximum Gasteiger partial charge on any atom is 0.229 e. The van der Waals surface area contributed by atoms with Gasteiger partial charge >= 0.3 is 0 Å². The number of morpholine rings is 2. The first-order valence-electron chi connectivity index (χ1n) is 11.1. The molecule has 2 aliphatic heterocycles. The van der Waals surface area contributed by atoms with Gasteiger partial charge < -0.3 is 24.3 Å². The van der Waals surface area contributed by atoms with Crippen molar-refractivity contribution < 1.29 is 9.47 Å². The van der Waals surface area contributed by atoms with E-state index in [1.165, 1.54) is 5.39 Å². The molecule has 4 aromatic rings. The van der Waals surface area contributed by atoms with E-state index in [0.717, 1.165) is 51.3 Å². The largest absolute Gasteiger partial charge is 0.377 e. The van der Waals surface area contributed by atoms with Crippen molar-refractivity contribution in [3.8, 4) is 10.6 Å². The molecule has 8 nitrogen and oxygen atoms in total. The molecule has 0 bridgehead atoms. The average Bonchev–Trinajstić information content (AvgIpc) is 3.46. The summed E-state index contributed by atoms with van der Waals surface area (Å²) in [5, 5.41) is 2.14. The quantitative estimate of drug-likeness (QED) is 0.510. The van der Waals surface area contributed by atoms with Crippen LogP contribution in [0.15, 0.2) is 30.5 Å². The number of benzene rings is 1. The first-order chi connectivity index (χ1) is 15.7. The van der Waals surface area contributed by atoms with E-state index in [9.17, 15) is 0 Å². The van der Waals surface area contributed by atoms with Gasteiger partial charge in [0.05, 0.1) is 38.5 Å². The van der Waals surface area contributed by atoms with Crippen LogP contribution in [0.5, 0.6) is 0 Å². The number of H-pyrrole nitrogens is 1. The maximum atomic E-state index is 5.69. The lowest BCUT2D eigenvalue weighted by Gasteiger charge is -2.36. The summed E-state index contributed by atoms with van der Waals surface area (Å²) in [6.45, 7) is 8.69. The summed E-state index contributed by atoms with van der Waals surface area (Å²) < 4.78 is 11.3. The van der Waals surface area contributed by atoms with Crippen LogP contribution in [0.4, 0.5) is 11.8 Å². The number of hydrogen-bond donors (Lipinski definition) is 1. The van der Waals surface area contributed by atoms with Gasteiger partial charge in [0.25, 0.3) is 0 Å². The van der Waals surface area contributed by atoms with Gasteiger partial charge in [-0.2, -0.15) is 9.97 Å². The van der Waals surface area contributed by atoms with Gasteiger partial charge in [-0.15, -0.1) is 0 Å². The maximum absolute atomic E-state index is 5.69. The zero-order valence-corrected chi connectivity index (χ0v) is 19.1. The lowest BCUT2D eigenvalue weighted by molar-refractivity contribution is 0.0973. The van der Waals surface area contributed by atoms with Gasteiger partial charge in [0, 0.05) is 35.8 Å². The van der Waals surface area contributed by atoms with Crippen molar-refractivity contribution in [2.24, 2.45) is 0 Å². The molecule has 5 heterocycles. The number of aromatic amines is 1. The van der Waals surface area contributed by atoms with E-state index in [1.54, 1.807) is 11.3 Å². The predicted molar refractivity (Wildman–Crippen MR) is 128 cm³/mol. The van der Waals surface area contributed by atoms with Crippen molar-refractivity contribution in [1.29, 1.82) is 0 Å². The van der Waals surface area contributed by atoms with Gasteiger partial charge in [-0.25, -0.2) is 4.98 Å². The van der Waals surface area contributed by atoms with E-state index in [2.05, 4.69) is 52.9 Å². The summed E-state index contributed by atoms with van der Waals surface area (Å²) in [4.78, 5) is 23.9. The average molecular weight is 451 g/mol. The minimum absolute atomic E-state index is 0.232. The summed E-state index contributed by atoms with van der Waals surface area (Å²) in [6, 6.07) is 8.85. The Kier molecular flexibility index (Phi) is 4.97. The molecule has 3 aromatic heterocycles. The van der Waals surface area contributed by atoms with Crippen LogP contribution in [-0.4, -0.2) is 71.5 Å². The van der Waals surface area contributed by atoms with E-state index in [4.69, 9.17) is 24.4 Å². The van der Waals surface area contributed by atoms with Gasteiger partial charge in [0.1, 0.15) is 10.5 Å². The van der Waals surface area contributed by atoms with Crippen molar-refractivity contribution in [2.45, 2.75) is 25.9 Å². The first kappa shape index (κ1) is 19.9. The van der Waals surface area contributed by atoms with Crippen molar-refractivity contribution in [3.05, 3.63) is 30.5 Å². The Morgan fingerprint density at radius 2 is 1.75 bits per heavy atom. The molecule has 6 rings (SSSR count). The van der Waals surface area contributed by atoms with E-state index >= 15 is 0 Å². The second kappa shape index (κ2) is 7.99. The highest BCUT2D eigenvalue weighted by molar-refractivity contribution is 7.21. The fourth-order valence-electron chi connectivity index (χ4n) is 4.58. The molecular weight excluding hydrogens is 424 g/mol. The van der Waals surface area contributed by atoms with Crippen molar-refractivity contribution >= 4 is 44.4 Å². The molecule has 32 heavy (non-hydrogen) atoms. The molecule has 2 saturated heterocycles. The SMILES string of the molecule is C[C@@H]1COCCN1c1nc(N2CCOC[C@@H]2C)nc2sc(-c3cccc4[nH]ccc34)nc12. The number of rotatable bonds is 3. The lowest BCUT2D eigenvalue weighted by atomic mass is 10.1. The Balaban J connectivity index is 1.53. The summed E-state index contributed by atoms with van der Waals surface area (Å²) in [5.74, 6) is 1.67. The minimum atomic E-state index is 0.232. The number of aromatic nitrogens is 4. The van der Waals surface area contributed by atoms with E-state index in [-0.39, 0.29) is 12.1 Å². The molecular formula is C23H26N6O2S. The Morgan fingerprint density at radius 1 is 0.969 bits per heavy atom. The predicted octanol–water partition coefficient (Wildman–Crippen LogP) is 3.68. The summed E-state index contributed by atoms with van der Waals surface area (Å²) in [7, 11) is 0. The number of nitrogens with one attached hydrogen (secondary N) is 1. The number of nitrogens with zero attached hydrogens (tertiary/aromatic N) is 5. The molecule has 1 aromatic carbocycles. The molecule has 0 radical (unpaired) electrons. The van der Waals surface area contributed by atoms with Crippen molar-refractivity contribution in [2.75, 3.05) is 49.3 Å². The Hall–Kier alpha value is -2.75. The topological polar surface area (TPSA) is 79.4 Å². The Morgan fingerprint density at radius 3 is 2.53 bits per heavy atom. The molecule has 0 saturated carbocycles. The third-order valence-electron chi connectivity index (χ3n) is 6.32. The zero-order chi connectivity index (χ0) is 21.7. The Bertz CT molecular complexity index is 1270. The standard InChI is InChI=1S/C23H26N6O2S/c1-14-12-30-10-8-28(14)20-19-22(27-23(26-20)29-9-11-31-13-15(29)2)32-21(25-19)17-4-3-5-18-16(17)6-7-24-18/h3-7,14-15,24H,8-13H2,1-2H3/t14-,15+/m1/s1. The third-order valence-corrected chi connectivity index (χ3v) is 7.30. The van der Waals surface area contributed by atoms with Crippen molar-refractivity contribution in [1.82, 2.24) is 19.9 Å². The molecule has 0 unspecified atom stereocenters. The van der Waals surface area contributed by atoms with Crippen LogP contribution in [-0.2, 0) is 9.47 Å². The summed E-state index contributed by atoms with van der Waals surface area (Å²) in [5.41, 5.74) is 3.10. The zero-order valence-electron chi connectivity index (χ0n) is 18.2. The summed E-state index contributed by atoms with van der Waals surface area (Å²) in [6.07, 6.45) is 1.97. The fraction of sp³-hybridized carbons (Fsp3) is 0.435. The molecule has 2 fully saturated rings. The Labute approximate surface area is 190 Å². The van der Waals surface area contributed by atoms with Gasteiger partial charge in [-0.1, -0.05) is 23.5 Å². The highest BCUT2D eigenvalue weighted by Gasteiger charge is 2.28. The first-order valence-corrected chi connectivity index (χ1v) is 11.9. The number of anilines is 2. The van der Waals surface area contributed by atoms with E-state index in [0.29, 0.717) is 26.4 Å². The number of thiazole rings is 1. The van der Waals surface area contributed by atoms with Gasteiger partial charge in [0.15, 0.2) is 10.6 Å². The molecule has 9 heteroatoms. The van der Waals surface area contributed by atoms with Crippen LogP contribution >= 0.6 is 11.3 Å². The molecule has 0 spiro atoms. The van der Waals surface area contributed by atoms with E-state index < -0.39 is 0 Å². The molecule has 1 N–H and O–H groups in total. The molecule has 0 aliphatic carbocycles. The van der Waals surface area contributed by atoms with Gasteiger partial charge in [-0.3, -0.25) is 0 Å². The third kappa shape index (κ3) is 3.32. The highest BCUT2D eigenvalue weighted by atomic mass is 32.1. The van der Waals surface area contributed by atoms with Crippen LogP contribution in [0.2, 0.25) is 0 Å². The fourth-order valence-corrected chi connectivity index (χ4v) is 5.55. The number of fused-ring (bicyclic) bond motifs is 2. The van der Waals surface area contributed by atoms with Crippen LogP contribution in [0.25, 0.3) is 31.8 Å². The molecule has 166 valence electrons. The molecule has 0 amide bonds. The van der Waals surface area contributed by atoms with E-state index in [1.807, 2.05) is 6.20 Å². The van der Waals surface area contributed by atoms with Gasteiger partial charge in [-0.05, 0) is 26.0 Å². The molecule has 2 atom stereocenters. The lowest BCUT2D eigenvalue weighted by Crippen LogP contribution is -2.46. The smallest absolute Gasteiger partial charge is 0.229 e. The second-order valence-electron chi connectivity index (χ2n) is 8.50. The van der Waals surface area contributed by atoms with Crippen LogP contribution < -0.4 is 9.80 Å². The van der Waals surface area contributed by atoms with Crippen LogP contribution in [0.3, 0.4) is 0 Å². The number of hydrogen-bond acceptors (Lipinski definition) is 8. The van der Waals surface area contributed by atoms with Crippen LogP contribution in [0, 0.1) is 0 Å². The molecule has 2 aliphatic rings. The normalized spacial score (nSPS) is 22.2. The monoisotopic (exact) mass is 450 g/mol. The van der Waals surface area contributed by atoms with Crippen molar-refractivity contribution in [3.63, 3.8) is 0 Å². The summed E-state index contributed by atoms with van der Waals surface area (Å²) >= 11 is 1.64. The second-order valence-corrected chi connectivity index (χ2v) is 9.48. The number of ether oxygens (including phenoxy) is 2. The minimum Gasteiger partial charge on any atom is -0.377 e. The highest BCUT2D eigenvalue weighted by Crippen LogP contribution is 2.38.